The number of nitrogens with zero attached hydrogens (tertiary/aromatic N) is 5. The van der Waals surface area contributed by atoms with E-state index >= 15 is 0 Å². The van der Waals surface area contributed by atoms with E-state index in [1.807, 2.05) is 60.6 Å². The summed E-state index contributed by atoms with van der Waals surface area (Å²) in [5.74, 6) is 0.0640. The lowest BCUT2D eigenvalue weighted by Crippen LogP contribution is -2.25. The number of amides is 1. The predicted molar refractivity (Wildman–Crippen MR) is 102 cm³/mol. The first-order valence-electron chi connectivity index (χ1n) is 8.90. The number of aryl methyl sites for hydroxylation is 1. The van der Waals surface area contributed by atoms with Gasteiger partial charge in [0.2, 0.25) is 5.95 Å². The molecule has 1 aliphatic carbocycles. The standard InChI is InChI=1S/C20H18N6O/c1-25-10-9-14(24-25)17-16-18(23-20(21)22-17)15(11-12-5-3-2-4-6-12)26(19(16)27)13-7-8-13/h2-6,9-11,13H,7-8H2,1H3,(H2,21,22,23). The number of carbonyl (C=O) groups excluding carboxylic acids is 1. The number of rotatable bonds is 3. The van der Waals surface area contributed by atoms with Gasteiger partial charge in [0.15, 0.2) is 0 Å². The van der Waals surface area contributed by atoms with Gasteiger partial charge in [-0.2, -0.15) is 5.10 Å². The van der Waals surface area contributed by atoms with Crippen LogP contribution in [-0.2, 0) is 7.05 Å². The van der Waals surface area contributed by atoms with Crippen molar-refractivity contribution in [1.82, 2.24) is 24.6 Å². The van der Waals surface area contributed by atoms with E-state index in [9.17, 15) is 4.79 Å². The van der Waals surface area contributed by atoms with E-state index in [0.29, 0.717) is 22.6 Å². The van der Waals surface area contributed by atoms with Gasteiger partial charge >= 0.3 is 0 Å². The van der Waals surface area contributed by atoms with Gasteiger partial charge in [0, 0.05) is 19.3 Å². The highest BCUT2D eigenvalue weighted by Gasteiger charge is 2.44. The third kappa shape index (κ3) is 2.59. The number of benzene rings is 1. The second-order valence-corrected chi connectivity index (χ2v) is 6.88. The van der Waals surface area contributed by atoms with Crippen LogP contribution in [0.2, 0.25) is 0 Å². The molecule has 1 fully saturated rings. The van der Waals surface area contributed by atoms with Crippen LogP contribution in [0.25, 0.3) is 23.2 Å². The molecule has 3 heterocycles. The molecule has 2 N–H and O–H groups in total. The molecule has 0 atom stereocenters. The van der Waals surface area contributed by atoms with Gasteiger partial charge in [-0.15, -0.1) is 0 Å². The Hall–Kier alpha value is -3.48. The molecular formula is C20H18N6O. The SMILES string of the molecule is Cn1ccc(-c2nc(N)nc3c2C(=O)N(C2CC2)C3=Cc2ccccc2)n1. The number of carbonyl (C=O) groups is 1. The van der Waals surface area contributed by atoms with Crippen LogP contribution in [0.5, 0.6) is 0 Å². The van der Waals surface area contributed by atoms with E-state index in [4.69, 9.17) is 5.73 Å². The number of nitrogen functional groups attached to an aromatic ring is 1. The summed E-state index contributed by atoms with van der Waals surface area (Å²) in [6.07, 6.45) is 5.80. The molecule has 0 radical (unpaired) electrons. The molecule has 5 rings (SSSR count). The molecule has 0 saturated heterocycles. The summed E-state index contributed by atoms with van der Waals surface area (Å²) < 4.78 is 1.68. The summed E-state index contributed by atoms with van der Waals surface area (Å²) in [4.78, 5) is 24.0. The van der Waals surface area contributed by atoms with Gasteiger partial charge in [-0.25, -0.2) is 9.97 Å². The Morgan fingerprint density at radius 1 is 1.11 bits per heavy atom. The van der Waals surface area contributed by atoms with Crippen LogP contribution >= 0.6 is 0 Å². The predicted octanol–water partition coefficient (Wildman–Crippen LogP) is 2.58. The molecule has 7 heteroatoms. The highest BCUT2D eigenvalue weighted by Crippen LogP contribution is 2.43. The number of anilines is 1. The maximum Gasteiger partial charge on any atom is 0.263 e. The third-order valence-corrected chi connectivity index (χ3v) is 4.83. The number of hydrogen-bond acceptors (Lipinski definition) is 5. The molecule has 1 aliphatic heterocycles. The van der Waals surface area contributed by atoms with Crippen LogP contribution in [0, 0.1) is 0 Å². The lowest BCUT2D eigenvalue weighted by Gasteiger charge is -2.17. The Morgan fingerprint density at radius 2 is 1.85 bits per heavy atom. The highest BCUT2D eigenvalue weighted by atomic mass is 16.2. The summed E-state index contributed by atoms with van der Waals surface area (Å²) in [7, 11) is 1.83. The first-order valence-corrected chi connectivity index (χ1v) is 8.90. The first-order chi connectivity index (χ1) is 13.1. The summed E-state index contributed by atoms with van der Waals surface area (Å²) in [5.41, 5.74) is 9.98. The summed E-state index contributed by atoms with van der Waals surface area (Å²) in [5, 5.41) is 4.41. The van der Waals surface area contributed by atoms with E-state index in [1.165, 1.54) is 0 Å². The Morgan fingerprint density at radius 3 is 2.52 bits per heavy atom. The lowest BCUT2D eigenvalue weighted by atomic mass is 10.1. The van der Waals surface area contributed by atoms with Gasteiger partial charge in [-0.05, 0) is 30.5 Å². The van der Waals surface area contributed by atoms with Crippen molar-refractivity contribution in [3.8, 4) is 11.4 Å². The fourth-order valence-corrected chi connectivity index (χ4v) is 3.48. The van der Waals surface area contributed by atoms with E-state index in [-0.39, 0.29) is 17.9 Å². The van der Waals surface area contributed by atoms with Crippen LogP contribution in [0.1, 0.15) is 34.5 Å². The molecule has 1 amide bonds. The van der Waals surface area contributed by atoms with Gasteiger partial charge < -0.3 is 10.6 Å². The van der Waals surface area contributed by atoms with Gasteiger partial charge in [-0.3, -0.25) is 9.48 Å². The van der Waals surface area contributed by atoms with Crippen LogP contribution in [-0.4, -0.2) is 36.6 Å². The minimum absolute atomic E-state index is 0.0738. The Kier molecular flexibility index (Phi) is 3.36. The molecule has 0 bridgehead atoms. The quantitative estimate of drug-likeness (QED) is 0.777. The number of hydrogen-bond donors (Lipinski definition) is 1. The van der Waals surface area contributed by atoms with Crippen molar-refractivity contribution < 1.29 is 4.79 Å². The van der Waals surface area contributed by atoms with Gasteiger partial charge in [0.25, 0.3) is 5.91 Å². The molecule has 2 aliphatic rings. The monoisotopic (exact) mass is 358 g/mol. The van der Waals surface area contributed by atoms with Crippen molar-refractivity contribution in [2.24, 2.45) is 7.05 Å². The molecular weight excluding hydrogens is 340 g/mol. The van der Waals surface area contributed by atoms with Crippen molar-refractivity contribution in [2.45, 2.75) is 18.9 Å². The van der Waals surface area contributed by atoms with Crippen molar-refractivity contribution in [3.05, 3.63) is 59.4 Å². The second kappa shape index (κ2) is 5.77. The largest absolute Gasteiger partial charge is 0.368 e. The second-order valence-electron chi connectivity index (χ2n) is 6.88. The van der Waals surface area contributed by atoms with E-state index in [2.05, 4.69) is 15.1 Å². The molecule has 3 aromatic rings. The fourth-order valence-electron chi connectivity index (χ4n) is 3.48. The summed E-state index contributed by atoms with van der Waals surface area (Å²) >= 11 is 0. The topological polar surface area (TPSA) is 89.9 Å². The third-order valence-electron chi connectivity index (χ3n) is 4.83. The van der Waals surface area contributed by atoms with Crippen molar-refractivity contribution in [3.63, 3.8) is 0 Å². The molecule has 1 saturated carbocycles. The Bertz CT molecular complexity index is 1080. The molecule has 1 aromatic carbocycles. The number of fused-ring (bicyclic) bond motifs is 1. The number of aromatic nitrogens is 4. The Balaban J connectivity index is 1.74. The maximum absolute atomic E-state index is 13.3. The Labute approximate surface area is 156 Å². The summed E-state index contributed by atoms with van der Waals surface area (Å²) in [6, 6.07) is 12.0. The molecule has 7 nitrogen and oxygen atoms in total. The van der Waals surface area contributed by atoms with Crippen molar-refractivity contribution >= 4 is 23.6 Å². The van der Waals surface area contributed by atoms with Gasteiger partial charge in [-0.1, -0.05) is 30.3 Å². The molecule has 0 spiro atoms. The van der Waals surface area contributed by atoms with E-state index < -0.39 is 0 Å². The molecule has 2 aromatic heterocycles. The van der Waals surface area contributed by atoms with Crippen LogP contribution < -0.4 is 5.73 Å². The molecule has 0 unspecified atom stereocenters. The zero-order chi connectivity index (χ0) is 18.5. The maximum atomic E-state index is 13.3. The average molecular weight is 358 g/mol. The van der Waals surface area contributed by atoms with Crippen LogP contribution in [0.3, 0.4) is 0 Å². The minimum atomic E-state index is -0.0738. The molecule has 134 valence electrons. The van der Waals surface area contributed by atoms with Crippen molar-refractivity contribution in [1.29, 1.82) is 0 Å². The van der Waals surface area contributed by atoms with Crippen LogP contribution in [0.4, 0.5) is 5.95 Å². The average Bonchev–Trinajstić information content (AvgIpc) is 3.34. The summed E-state index contributed by atoms with van der Waals surface area (Å²) in [6.45, 7) is 0. The lowest BCUT2D eigenvalue weighted by molar-refractivity contribution is 0.0844. The first kappa shape index (κ1) is 15.7. The minimum Gasteiger partial charge on any atom is -0.368 e. The van der Waals surface area contributed by atoms with Crippen LogP contribution in [0.15, 0.2) is 42.6 Å². The smallest absolute Gasteiger partial charge is 0.263 e. The van der Waals surface area contributed by atoms with Crippen molar-refractivity contribution in [2.75, 3.05) is 5.73 Å². The molecule has 27 heavy (non-hydrogen) atoms. The van der Waals surface area contributed by atoms with E-state index in [0.717, 1.165) is 24.1 Å². The zero-order valence-electron chi connectivity index (χ0n) is 14.8. The van der Waals surface area contributed by atoms with Gasteiger partial charge in [0.1, 0.15) is 17.1 Å². The number of nitrogens with two attached hydrogens (primary N) is 1. The zero-order valence-corrected chi connectivity index (χ0v) is 14.8. The van der Waals surface area contributed by atoms with E-state index in [1.54, 1.807) is 4.68 Å². The highest BCUT2D eigenvalue weighted by molar-refractivity contribution is 6.14. The van der Waals surface area contributed by atoms with Gasteiger partial charge in [0.05, 0.1) is 11.3 Å². The fraction of sp³-hybridized carbons (Fsp3) is 0.200. The normalized spacial score (nSPS) is 17.6.